The van der Waals surface area contributed by atoms with Crippen LogP contribution in [0.4, 0.5) is 0 Å². The van der Waals surface area contributed by atoms with Gasteiger partial charge in [0.2, 0.25) is 0 Å². The van der Waals surface area contributed by atoms with E-state index in [1.54, 1.807) is 0 Å². The first-order valence-corrected chi connectivity index (χ1v) is 3.99. The van der Waals surface area contributed by atoms with Crippen molar-refractivity contribution < 1.29 is 0 Å². The van der Waals surface area contributed by atoms with E-state index in [2.05, 4.69) is 12.2 Å². The second-order valence-electron chi connectivity index (χ2n) is 2.61. The van der Waals surface area contributed by atoms with E-state index in [4.69, 9.17) is 12.2 Å². The molecule has 1 N–H and O–H groups in total. The van der Waals surface area contributed by atoms with Gasteiger partial charge in [-0.3, -0.25) is 0 Å². The smallest absolute Gasteiger partial charge is 0.0272 e. The fourth-order valence-electron chi connectivity index (χ4n) is 1.23. The predicted octanol–water partition coefficient (Wildman–Crippen LogP) is 1.52. The standard InChI is InChI=1S/C7H13NS/c1-2-3-6-4-7(9)5-8-6/h6,8H,2-5H2,1H3. The van der Waals surface area contributed by atoms with Gasteiger partial charge in [0.1, 0.15) is 0 Å². The van der Waals surface area contributed by atoms with E-state index in [1.807, 2.05) is 0 Å². The summed E-state index contributed by atoms with van der Waals surface area (Å²) < 4.78 is 0. The molecule has 1 atom stereocenters. The zero-order chi connectivity index (χ0) is 6.69. The third-order valence-electron chi connectivity index (χ3n) is 1.70. The summed E-state index contributed by atoms with van der Waals surface area (Å²) in [5.74, 6) is 0. The highest BCUT2D eigenvalue weighted by molar-refractivity contribution is 7.80. The van der Waals surface area contributed by atoms with Crippen LogP contribution in [0, 0.1) is 0 Å². The molecule has 0 aliphatic carbocycles. The number of nitrogens with one attached hydrogen (secondary N) is 1. The van der Waals surface area contributed by atoms with Crippen molar-refractivity contribution in [3.05, 3.63) is 0 Å². The van der Waals surface area contributed by atoms with Crippen molar-refractivity contribution in [3.8, 4) is 0 Å². The summed E-state index contributed by atoms with van der Waals surface area (Å²) >= 11 is 5.05. The molecule has 1 nitrogen and oxygen atoms in total. The van der Waals surface area contributed by atoms with Crippen LogP contribution in [0.2, 0.25) is 0 Å². The highest BCUT2D eigenvalue weighted by atomic mass is 32.1. The Morgan fingerprint density at radius 3 is 3.00 bits per heavy atom. The van der Waals surface area contributed by atoms with E-state index in [9.17, 15) is 0 Å². The second kappa shape index (κ2) is 3.28. The maximum Gasteiger partial charge on any atom is 0.0272 e. The van der Waals surface area contributed by atoms with Gasteiger partial charge in [0.05, 0.1) is 0 Å². The molecule has 1 aliphatic rings. The third kappa shape index (κ3) is 2.03. The van der Waals surface area contributed by atoms with E-state index in [0.717, 1.165) is 13.0 Å². The molecule has 1 saturated heterocycles. The maximum absolute atomic E-state index is 5.05. The van der Waals surface area contributed by atoms with Crippen molar-refractivity contribution >= 4 is 17.1 Å². The average molecular weight is 143 g/mol. The first-order valence-electron chi connectivity index (χ1n) is 3.58. The SMILES string of the molecule is CCCC1CC(=S)CN1. The summed E-state index contributed by atoms with van der Waals surface area (Å²) in [6.45, 7) is 3.18. The van der Waals surface area contributed by atoms with Gasteiger partial charge in [0, 0.05) is 17.5 Å². The van der Waals surface area contributed by atoms with Crippen LogP contribution in [0.15, 0.2) is 0 Å². The summed E-state index contributed by atoms with van der Waals surface area (Å²) in [6, 6.07) is 0.697. The van der Waals surface area contributed by atoms with Gasteiger partial charge >= 0.3 is 0 Å². The Balaban J connectivity index is 2.22. The Bertz CT molecular complexity index is 111. The molecule has 0 saturated carbocycles. The van der Waals surface area contributed by atoms with Gasteiger partial charge in [-0.15, -0.1) is 0 Å². The molecule has 1 rings (SSSR count). The molecular weight excluding hydrogens is 130 g/mol. The molecule has 1 heterocycles. The summed E-state index contributed by atoms with van der Waals surface area (Å²) in [5, 5.41) is 3.37. The lowest BCUT2D eigenvalue weighted by Crippen LogP contribution is -2.20. The van der Waals surface area contributed by atoms with E-state index in [1.165, 1.54) is 17.7 Å². The fraction of sp³-hybridized carbons (Fsp3) is 0.857. The van der Waals surface area contributed by atoms with E-state index >= 15 is 0 Å². The molecule has 0 aromatic rings. The van der Waals surface area contributed by atoms with E-state index < -0.39 is 0 Å². The molecule has 0 aromatic heterocycles. The summed E-state index contributed by atoms with van der Waals surface area (Å²) in [5.41, 5.74) is 0. The lowest BCUT2D eigenvalue weighted by atomic mass is 10.1. The molecule has 1 unspecified atom stereocenters. The zero-order valence-corrected chi connectivity index (χ0v) is 6.63. The highest BCUT2D eigenvalue weighted by Crippen LogP contribution is 2.08. The van der Waals surface area contributed by atoms with E-state index in [0.29, 0.717) is 6.04 Å². The molecule has 0 spiro atoms. The van der Waals surface area contributed by atoms with Crippen LogP contribution in [0.5, 0.6) is 0 Å². The Morgan fingerprint density at radius 2 is 2.56 bits per heavy atom. The number of rotatable bonds is 2. The normalized spacial score (nSPS) is 27.2. The average Bonchev–Trinajstić information content (AvgIpc) is 2.17. The Kier molecular flexibility index (Phi) is 2.61. The molecule has 1 fully saturated rings. The number of thiocarbonyl (C=S) groups is 1. The van der Waals surface area contributed by atoms with Crippen LogP contribution in [-0.2, 0) is 0 Å². The second-order valence-corrected chi connectivity index (χ2v) is 3.19. The molecule has 0 amide bonds. The quantitative estimate of drug-likeness (QED) is 0.588. The molecule has 1 aliphatic heterocycles. The Hall–Kier alpha value is 0.0500. The van der Waals surface area contributed by atoms with Crippen molar-refractivity contribution in [1.82, 2.24) is 5.32 Å². The zero-order valence-electron chi connectivity index (χ0n) is 5.81. The lowest BCUT2D eigenvalue weighted by molar-refractivity contribution is 0.556. The number of hydrogen-bond donors (Lipinski definition) is 1. The first-order chi connectivity index (χ1) is 4.33. The molecule has 9 heavy (non-hydrogen) atoms. The van der Waals surface area contributed by atoms with Gasteiger partial charge < -0.3 is 5.32 Å². The Morgan fingerprint density at radius 1 is 1.78 bits per heavy atom. The minimum absolute atomic E-state index is 0.697. The molecule has 0 bridgehead atoms. The maximum atomic E-state index is 5.05. The predicted molar refractivity (Wildman–Crippen MR) is 43.9 cm³/mol. The van der Waals surface area contributed by atoms with Crippen molar-refractivity contribution in [2.45, 2.75) is 32.2 Å². The molecule has 52 valence electrons. The largest absolute Gasteiger partial charge is 0.309 e. The van der Waals surface area contributed by atoms with Crippen LogP contribution in [0.1, 0.15) is 26.2 Å². The van der Waals surface area contributed by atoms with Crippen LogP contribution < -0.4 is 5.32 Å². The van der Waals surface area contributed by atoms with Crippen LogP contribution in [0.3, 0.4) is 0 Å². The number of hydrogen-bond acceptors (Lipinski definition) is 2. The minimum atomic E-state index is 0.697. The van der Waals surface area contributed by atoms with Gasteiger partial charge in [-0.2, -0.15) is 0 Å². The molecule has 0 radical (unpaired) electrons. The van der Waals surface area contributed by atoms with Gasteiger partial charge in [-0.25, -0.2) is 0 Å². The lowest BCUT2D eigenvalue weighted by Gasteiger charge is -2.04. The highest BCUT2D eigenvalue weighted by Gasteiger charge is 2.16. The van der Waals surface area contributed by atoms with Gasteiger partial charge in [0.25, 0.3) is 0 Å². The molecule has 0 aromatic carbocycles. The van der Waals surface area contributed by atoms with E-state index in [-0.39, 0.29) is 0 Å². The van der Waals surface area contributed by atoms with Crippen molar-refractivity contribution in [3.63, 3.8) is 0 Å². The van der Waals surface area contributed by atoms with Gasteiger partial charge in [-0.05, 0) is 12.8 Å². The third-order valence-corrected chi connectivity index (χ3v) is 2.01. The first kappa shape index (κ1) is 7.16. The minimum Gasteiger partial charge on any atom is -0.309 e. The van der Waals surface area contributed by atoms with Gasteiger partial charge in [0.15, 0.2) is 0 Å². The topological polar surface area (TPSA) is 12.0 Å². The Labute approximate surface area is 61.8 Å². The molecule has 2 heteroatoms. The van der Waals surface area contributed by atoms with Crippen molar-refractivity contribution in [2.24, 2.45) is 0 Å². The summed E-state index contributed by atoms with van der Waals surface area (Å²) in [4.78, 5) is 1.20. The molecular formula is C7H13NS. The van der Waals surface area contributed by atoms with Crippen LogP contribution >= 0.6 is 12.2 Å². The monoisotopic (exact) mass is 143 g/mol. The summed E-state index contributed by atoms with van der Waals surface area (Å²) in [7, 11) is 0. The summed E-state index contributed by atoms with van der Waals surface area (Å²) in [6.07, 6.45) is 3.67. The van der Waals surface area contributed by atoms with Crippen molar-refractivity contribution in [2.75, 3.05) is 6.54 Å². The van der Waals surface area contributed by atoms with Crippen LogP contribution in [-0.4, -0.2) is 17.5 Å². The fourth-order valence-corrected chi connectivity index (χ4v) is 1.51. The van der Waals surface area contributed by atoms with Crippen LogP contribution in [0.25, 0.3) is 0 Å². The van der Waals surface area contributed by atoms with Gasteiger partial charge in [-0.1, -0.05) is 25.6 Å². The van der Waals surface area contributed by atoms with Crippen molar-refractivity contribution in [1.29, 1.82) is 0 Å².